The fourth-order valence-electron chi connectivity index (χ4n) is 2.86. The molecule has 0 saturated carbocycles. The average molecular weight is 474 g/mol. The van der Waals surface area contributed by atoms with Crippen LogP contribution in [0.1, 0.15) is 5.69 Å². The first kappa shape index (κ1) is 21.7. The molecule has 13 heteroatoms. The smallest absolute Gasteiger partial charge is 0.406 e. The minimum absolute atomic E-state index is 0.000981. The molecule has 0 saturated heterocycles. The van der Waals surface area contributed by atoms with Crippen LogP contribution < -0.4 is 10.1 Å². The van der Waals surface area contributed by atoms with Gasteiger partial charge in [-0.1, -0.05) is 11.6 Å². The molecule has 6 nitrogen and oxygen atoms in total. The molecule has 1 aromatic carbocycles. The number of hydrogen-bond donors (Lipinski definition) is 1. The third-order valence-electron chi connectivity index (χ3n) is 4.08. The molecule has 0 fully saturated rings. The number of halogens is 7. The molecule has 32 heavy (non-hydrogen) atoms. The number of alkyl halides is 6. The Morgan fingerprint density at radius 1 is 0.906 bits per heavy atom. The van der Waals surface area contributed by atoms with Gasteiger partial charge in [0.1, 0.15) is 22.9 Å². The van der Waals surface area contributed by atoms with Crippen molar-refractivity contribution in [3.05, 3.63) is 65.6 Å². The van der Waals surface area contributed by atoms with Gasteiger partial charge in [0.2, 0.25) is 0 Å². The first-order valence-electron chi connectivity index (χ1n) is 8.71. The van der Waals surface area contributed by atoms with E-state index in [1.54, 1.807) is 0 Å². The number of benzene rings is 1. The summed E-state index contributed by atoms with van der Waals surface area (Å²) < 4.78 is 82.5. The monoisotopic (exact) mass is 473 g/mol. The predicted molar refractivity (Wildman–Crippen MR) is 103 cm³/mol. The van der Waals surface area contributed by atoms with Crippen LogP contribution in [-0.4, -0.2) is 25.7 Å². The Bertz CT molecular complexity index is 1270. The van der Waals surface area contributed by atoms with Gasteiger partial charge in [-0.3, -0.25) is 4.40 Å². The van der Waals surface area contributed by atoms with Gasteiger partial charge in [0.05, 0.1) is 5.02 Å². The molecule has 0 aliphatic heterocycles. The summed E-state index contributed by atoms with van der Waals surface area (Å²) in [6, 6.07) is 8.84. The molecule has 166 valence electrons. The minimum Gasteiger partial charge on any atom is -0.406 e. The molecular weight excluding hydrogens is 464 g/mol. The summed E-state index contributed by atoms with van der Waals surface area (Å²) in [5, 5.41) is 2.97. The number of fused-ring (bicyclic) bond motifs is 1. The van der Waals surface area contributed by atoms with Crippen LogP contribution in [0.25, 0.3) is 17.2 Å². The lowest BCUT2D eigenvalue weighted by Gasteiger charge is -2.11. The third kappa shape index (κ3) is 4.69. The molecule has 0 aliphatic carbocycles. The van der Waals surface area contributed by atoms with Crippen molar-refractivity contribution in [1.29, 1.82) is 0 Å². The van der Waals surface area contributed by atoms with Crippen molar-refractivity contribution in [2.45, 2.75) is 12.5 Å². The van der Waals surface area contributed by atoms with E-state index in [1.165, 1.54) is 42.7 Å². The number of pyridine rings is 1. The zero-order valence-electron chi connectivity index (χ0n) is 15.5. The van der Waals surface area contributed by atoms with Gasteiger partial charge in [-0.05, 0) is 42.5 Å². The summed E-state index contributed by atoms with van der Waals surface area (Å²) in [5.74, 6) is -0.609. The van der Waals surface area contributed by atoms with Gasteiger partial charge >= 0.3 is 12.5 Å². The Morgan fingerprint density at radius 2 is 1.62 bits per heavy atom. The fraction of sp³-hybridized carbons (Fsp3) is 0.105. The maximum atomic E-state index is 13.6. The maximum absolute atomic E-state index is 13.6. The predicted octanol–water partition coefficient (Wildman–Crippen LogP) is 6.11. The van der Waals surface area contributed by atoms with Gasteiger partial charge in [-0.2, -0.15) is 13.2 Å². The highest BCUT2D eigenvalue weighted by molar-refractivity contribution is 6.30. The van der Waals surface area contributed by atoms with Crippen molar-refractivity contribution < 1.29 is 31.1 Å². The Labute approximate surface area is 180 Å². The van der Waals surface area contributed by atoms with Crippen LogP contribution in [0.5, 0.6) is 5.75 Å². The molecule has 0 aliphatic rings. The highest BCUT2D eigenvalue weighted by Crippen LogP contribution is 2.37. The molecule has 0 unspecified atom stereocenters. The van der Waals surface area contributed by atoms with Gasteiger partial charge < -0.3 is 10.1 Å². The zero-order chi connectivity index (χ0) is 23.1. The second-order valence-electron chi connectivity index (χ2n) is 6.34. The van der Waals surface area contributed by atoms with Crippen LogP contribution in [0.4, 0.5) is 37.8 Å². The van der Waals surface area contributed by atoms with Gasteiger partial charge in [0.25, 0.3) is 0 Å². The van der Waals surface area contributed by atoms with Crippen molar-refractivity contribution >= 4 is 28.8 Å². The van der Waals surface area contributed by atoms with Crippen LogP contribution in [0.2, 0.25) is 5.02 Å². The number of anilines is 2. The lowest BCUT2D eigenvalue weighted by atomic mass is 10.3. The number of ether oxygens (including phenoxy) is 1. The summed E-state index contributed by atoms with van der Waals surface area (Å²) in [7, 11) is 0. The molecule has 3 aromatic heterocycles. The highest BCUT2D eigenvalue weighted by atomic mass is 35.5. The number of rotatable bonds is 4. The van der Waals surface area contributed by atoms with Crippen molar-refractivity contribution in [1.82, 2.24) is 19.4 Å². The van der Waals surface area contributed by atoms with Crippen LogP contribution in [0, 0.1) is 0 Å². The van der Waals surface area contributed by atoms with Crippen molar-refractivity contribution in [2.24, 2.45) is 0 Å². The second kappa shape index (κ2) is 7.86. The number of nitrogens with zero attached hydrogens (tertiary/aromatic N) is 4. The Kier molecular flexibility index (Phi) is 5.33. The summed E-state index contributed by atoms with van der Waals surface area (Å²) >= 11 is 5.93. The van der Waals surface area contributed by atoms with E-state index in [2.05, 4.69) is 25.0 Å². The van der Waals surface area contributed by atoms with Crippen molar-refractivity contribution in [2.75, 3.05) is 5.32 Å². The summed E-state index contributed by atoms with van der Waals surface area (Å²) in [5.41, 5.74) is -1.28. The van der Waals surface area contributed by atoms with Crippen molar-refractivity contribution in [3.63, 3.8) is 0 Å². The Hall–Kier alpha value is -3.54. The van der Waals surface area contributed by atoms with E-state index in [1.807, 2.05) is 0 Å². The topological polar surface area (TPSA) is 64.3 Å². The van der Waals surface area contributed by atoms with Gasteiger partial charge in [-0.15, -0.1) is 13.2 Å². The van der Waals surface area contributed by atoms with E-state index < -0.39 is 29.7 Å². The SMILES string of the molecule is FC(F)(F)Oc1ccc(Nc2ccnc(-c3c(C(F)(F)F)nc4ccc(Cl)cn34)n2)cc1. The van der Waals surface area contributed by atoms with E-state index >= 15 is 0 Å². The molecule has 0 amide bonds. The summed E-state index contributed by atoms with van der Waals surface area (Å²) in [6.45, 7) is 0. The van der Waals surface area contributed by atoms with E-state index in [-0.39, 0.29) is 22.3 Å². The van der Waals surface area contributed by atoms with Crippen LogP contribution in [-0.2, 0) is 6.18 Å². The Balaban J connectivity index is 1.70. The van der Waals surface area contributed by atoms with Crippen LogP contribution >= 0.6 is 11.6 Å². The number of imidazole rings is 1. The van der Waals surface area contributed by atoms with Gasteiger partial charge in [-0.25, -0.2) is 15.0 Å². The highest BCUT2D eigenvalue weighted by Gasteiger charge is 2.39. The lowest BCUT2D eigenvalue weighted by Crippen LogP contribution is -2.16. The molecular formula is C19H10ClF6N5O. The van der Waals surface area contributed by atoms with Crippen LogP contribution in [0.3, 0.4) is 0 Å². The van der Waals surface area contributed by atoms with Gasteiger partial charge in [0, 0.05) is 18.1 Å². The second-order valence-corrected chi connectivity index (χ2v) is 6.78. The first-order chi connectivity index (χ1) is 15.0. The number of nitrogens with one attached hydrogen (secondary N) is 1. The normalized spacial score (nSPS) is 12.2. The fourth-order valence-corrected chi connectivity index (χ4v) is 3.02. The molecule has 0 bridgehead atoms. The molecule has 4 aromatic rings. The number of hydrogen-bond acceptors (Lipinski definition) is 5. The van der Waals surface area contributed by atoms with E-state index in [0.29, 0.717) is 5.69 Å². The molecule has 0 atom stereocenters. The average Bonchev–Trinajstić information content (AvgIpc) is 3.08. The molecule has 1 N–H and O–H groups in total. The first-order valence-corrected chi connectivity index (χ1v) is 9.08. The molecule has 0 spiro atoms. The largest absolute Gasteiger partial charge is 0.573 e. The molecule has 0 radical (unpaired) electrons. The summed E-state index contributed by atoms with van der Waals surface area (Å²) in [4.78, 5) is 11.7. The molecule has 3 heterocycles. The van der Waals surface area contributed by atoms with E-state index in [4.69, 9.17) is 11.6 Å². The third-order valence-corrected chi connectivity index (χ3v) is 4.30. The minimum atomic E-state index is -4.83. The van der Waals surface area contributed by atoms with Crippen LogP contribution in [0.15, 0.2) is 54.9 Å². The van der Waals surface area contributed by atoms with E-state index in [9.17, 15) is 26.3 Å². The molecule has 4 rings (SSSR count). The zero-order valence-corrected chi connectivity index (χ0v) is 16.3. The van der Waals surface area contributed by atoms with Crippen molar-refractivity contribution in [3.8, 4) is 17.3 Å². The standard InChI is InChI=1S/C19H10ClF6N5O/c20-10-1-6-14-30-16(18(21,22)23)15(31(14)9-10)17-27-8-7-13(29-17)28-11-2-4-12(5-3-11)32-19(24,25)26/h1-9H,(H,27,28,29). The van der Waals surface area contributed by atoms with E-state index in [0.717, 1.165) is 16.5 Å². The maximum Gasteiger partial charge on any atom is 0.573 e. The lowest BCUT2D eigenvalue weighted by molar-refractivity contribution is -0.274. The number of aromatic nitrogens is 4. The quantitative estimate of drug-likeness (QED) is 0.363. The van der Waals surface area contributed by atoms with Gasteiger partial charge in [0.15, 0.2) is 11.5 Å². The summed E-state index contributed by atoms with van der Waals surface area (Å²) in [6.07, 6.45) is -7.12. The Morgan fingerprint density at radius 3 is 2.28 bits per heavy atom.